The molecule has 0 aromatic heterocycles. The summed E-state index contributed by atoms with van der Waals surface area (Å²) in [4.78, 5) is 0. The lowest BCUT2D eigenvalue weighted by Crippen LogP contribution is -2.41. The van der Waals surface area contributed by atoms with E-state index in [2.05, 4.69) is 23.9 Å². The molecule has 1 fully saturated rings. The smallest absolute Gasteiger partial charge is 0.112 e. The van der Waals surface area contributed by atoms with Crippen molar-refractivity contribution in [3.63, 3.8) is 0 Å². The molecule has 0 amide bonds. The molecule has 1 rings (SSSR count). The summed E-state index contributed by atoms with van der Waals surface area (Å²) in [5, 5.41) is 4.72. The van der Waals surface area contributed by atoms with E-state index in [1.165, 1.54) is 12.8 Å². The van der Waals surface area contributed by atoms with E-state index in [1.807, 2.05) is 0 Å². The Morgan fingerprint density at radius 1 is 1.25 bits per heavy atom. The summed E-state index contributed by atoms with van der Waals surface area (Å²) in [6.45, 7) is 9.53. The highest BCUT2D eigenvalue weighted by Gasteiger charge is 2.17. The first-order valence-electron chi connectivity index (χ1n) is 4.96. The largest absolute Gasteiger partial charge is 0.363 e. The van der Waals surface area contributed by atoms with Gasteiger partial charge in [-0.1, -0.05) is 13.8 Å². The van der Waals surface area contributed by atoms with Gasteiger partial charge in [-0.2, -0.15) is 0 Å². The van der Waals surface area contributed by atoms with Gasteiger partial charge in [0.05, 0.1) is 6.61 Å². The van der Waals surface area contributed by atoms with Gasteiger partial charge in [-0.25, -0.2) is 10.0 Å². The van der Waals surface area contributed by atoms with Gasteiger partial charge in [0.25, 0.3) is 0 Å². The van der Waals surface area contributed by atoms with E-state index in [0.717, 1.165) is 33.0 Å². The van der Waals surface area contributed by atoms with E-state index >= 15 is 0 Å². The van der Waals surface area contributed by atoms with E-state index < -0.39 is 0 Å². The van der Waals surface area contributed by atoms with Gasteiger partial charge in [-0.05, 0) is 12.8 Å². The molecule has 0 N–H and O–H groups in total. The first-order chi connectivity index (χ1) is 5.88. The van der Waals surface area contributed by atoms with Gasteiger partial charge < -0.3 is 4.74 Å². The van der Waals surface area contributed by atoms with E-state index in [4.69, 9.17) is 4.74 Å². The molecule has 12 heavy (non-hydrogen) atoms. The van der Waals surface area contributed by atoms with Crippen molar-refractivity contribution in [3.8, 4) is 0 Å². The molecule has 0 aliphatic carbocycles. The Labute approximate surface area is 75.3 Å². The van der Waals surface area contributed by atoms with Crippen molar-refractivity contribution in [2.75, 3.05) is 33.0 Å². The Balaban J connectivity index is 2.29. The van der Waals surface area contributed by atoms with Crippen molar-refractivity contribution in [1.29, 1.82) is 0 Å². The molecule has 0 atom stereocenters. The summed E-state index contributed by atoms with van der Waals surface area (Å²) in [6.07, 6.45) is 2.44. The molecule has 1 aliphatic rings. The maximum absolute atomic E-state index is 5.31. The van der Waals surface area contributed by atoms with Crippen LogP contribution in [0.15, 0.2) is 0 Å². The van der Waals surface area contributed by atoms with Crippen LogP contribution in [0.25, 0.3) is 0 Å². The van der Waals surface area contributed by atoms with E-state index in [9.17, 15) is 0 Å². The fourth-order valence-corrected chi connectivity index (χ4v) is 1.54. The summed E-state index contributed by atoms with van der Waals surface area (Å²) in [7, 11) is 0. The zero-order chi connectivity index (χ0) is 8.81. The number of ether oxygens (including phenoxy) is 1. The summed E-state index contributed by atoms with van der Waals surface area (Å²) in [5.41, 5.74) is 0. The lowest BCUT2D eigenvalue weighted by Gasteiger charge is -2.29. The van der Waals surface area contributed by atoms with Crippen LogP contribution in [-0.4, -0.2) is 43.0 Å². The monoisotopic (exact) mass is 172 g/mol. The normalized spacial score (nSPS) is 19.2. The molecule has 72 valence electrons. The third kappa shape index (κ3) is 2.73. The predicted octanol–water partition coefficient (Wildman–Crippen LogP) is 1.31. The number of rotatable bonds is 5. The van der Waals surface area contributed by atoms with Gasteiger partial charge in [0.15, 0.2) is 0 Å². The molecule has 0 saturated carbocycles. The molecular weight excluding hydrogens is 152 g/mol. The van der Waals surface area contributed by atoms with Gasteiger partial charge in [0, 0.05) is 19.6 Å². The Bertz CT molecular complexity index is 107. The van der Waals surface area contributed by atoms with Gasteiger partial charge in [0.2, 0.25) is 0 Å². The Hall–Kier alpha value is -0.120. The number of hydrogen-bond donors (Lipinski definition) is 0. The van der Waals surface area contributed by atoms with Gasteiger partial charge in [0.1, 0.15) is 6.73 Å². The van der Waals surface area contributed by atoms with Crippen LogP contribution in [0.5, 0.6) is 0 Å². The topological polar surface area (TPSA) is 15.7 Å². The average Bonchev–Trinajstić information content (AvgIpc) is 2.56. The first-order valence-corrected chi connectivity index (χ1v) is 4.96. The molecular formula is C9H20N2O. The quantitative estimate of drug-likeness (QED) is 0.622. The minimum atomic E-state index is 0.792. The van der Waals surface area contributed by atoms with Crippen LogP contribution < -0.4 is 0 Å². The second kappa shape index (κ2) is 5.51. The molecule has 0 bridgehead atoms. The zero-order valence-electron chi connectivity index (χ0n) is 8.25. The minimum absolute atomic E-state index is 0.792. The number of nitrogens with zero attached hydrogens (tertiary/aromatic N) is 2. The van der Waals surface area contributed by atoms with Crippen molar-refractivity contribution < 1.29 is 4.74 Å². The van der Waals surface area contributed by atoms with Crippen LogP contribution in [0, 0.1) is 0 Å². The van der Waals surface area contributed by atoms with Crippen molar-refractivity contribution in [1.82, 2.24) is 10.0 Å². The van der Waals surface area contributed by atoms with Crippen molar-refractivity contribution >= 4 is 0 Å². The molecule has 1 saturated heterocycles. The Kier molecular flexibility index (Phi) is 4.58. The summed E-state index contributed by atoms with van der Waals surface area (Å²) < 4.78 is 5.31. The molecule has 1 heterocycles. The van der Waals surface area contributed by atoms with E-state index in [-0.39, 0.29) is 0 Å². The number of hydrogen-bond acceptors (Lipinski definition) is 3. The molecule has 3 nitrogen and oxygen atoms in total. The van der Waals surface area contributed by atoms with Crippen LogP contribution in [0.1, 0.15) is 26.7 Å². The average molecular weight is 172 g/mol. The van der Waals surface area contributed by atoms with E-state index in [1.54, 1.807) is 0 Å². The second-order valence-corrected chi connectivity index (χ2v) is 3.22. The highest BCUT2D eigenvalue weighted by Crippen LogP contribution is 2.06. The third-order valence-electron chi connectivity index (χ3n) is 2.10. The maximum atomic E-state index is 5.31. The summed E-state index contributed by atoms with van der Waals surface area (Å²) >= 11 is 0. The molecule has 3 heteroatoms. The molecule has 1 aliphatic heterocycles. The van der Waals surface area contributed by atoms with Crippen molar-refractivity contribution in [3.05, 3.63) is 0 Å². The molecule has 0 unspecified atom stereocenters. The zero-order valence-corrected chi connectivity index (χ0v) is 8.25. The van der Waals surface area contributed by atoms with E-state index in [0.29, 0.717) is 0 Å². The van der Waals surface area contributed by atoms with Crippen LogP contribution >= 0.6 is 0 Å². The summed E-state index contributed by atoms with van der Waals surface area (Å²) in [6, 6.07) is 0. The molecule has 0 aromatic rings. The van der Waals surface area contributed by atoms with Gasteiger partial charge in [-0.15, -0.1) is 0 Å². The maximum Gasteiger partial charge on any atom is 0.112 e. The predicted molar refractivity (Wildman–Crippen MR) is 49.7 cm³/mol. The van der Waals surface area contributed by atoms with Crippen LogP contribution in [0.3, 0.4) is 0 Å². The lowest BCUT2D eigenvalue weighted by molar-refractivity contribution is -0.0375. The SMILES string of the molecule is CCCN(CCC)N1CCOC1. The Morgan fingerprint density at radius 2 is 1.92 bits per heavy atom. The second-order valence-electron chi connectivity index (χ2n) is 3.22. The fraction of sp³-hybridized carbons (Fsp3) is 1.00. The van der Waals surface area contributed by atoms with Crippen LogP contribution in [0.4, 0.5) is 0 Å². The lowest BCUT2D eigenvalue weighted by atomic mass is 10.4. The van der Waals surface area contributed by atoms with Gasteiger partial charge in [-0.3, -0.25) is 0 Å². The molecule has 0 aromatic carbocycles. The van der Waals surface area contributed by atoms with Gasteiger partial charge >= 0.3 is 0 Å². The van der Waals surface area contributed by atoms with Crippen LogP contribution in [-0.2, 0) is 4.74 Å². The highest BCUT2D eigenvalue weighted by molar-refractivity contribution is 4.58. The number of hydrazine groups is 1. The van der Waals surface area contributed by atoms with Crippen molar-refractivity contribution in [2.45, 2.75) is 26.7 Å². The van der Waals surface area contributed by atoms with Crippen molar-refractivity contribution in [2.24, 2.45) is 0 Å². The Morgan fingerprint density at radius 3 is 2.33 bits per heavy atom. The first kappa shape index (κ1) is 9.96. The molecule has 0 radical (unpaired) electrons. The molecule has 0 spiro atoms. The third-order valence-corrected chi connectivity index (χ3v) is 2.10. The highest BCUT2D eigenvalue weighted by atomic mass is 16.5. The van der Waals surface area contributed by atoms with Crippen LogP contribution in [0.2, 0.25) is 0 Å². The minimum Gasteiger partial charge on any atom is -0.363 e. The fourth-order valence-electron chi connectivity index (χ4n) is 1.54. The standard InChI is InChI=1S/C9H20N2O/c1-3-5-10(6-4-2)11-7-8-12-9-11/h3-9H2,1-2H3. The summed E-state index contributed by atoms with van der Waals surface area (Å²) in [5.74, 6) is 0.